The van der Waals surface area contributed by atoms with E-state index < -0.39 is 17.4 Å². The molecule has 2 heterocycles. The Hall–Kier alpha value is -1.76. The molecule has 0 unspecified atom stereocenters. The minimum atomic E-state index is -1.05. The van der Waals surface area contributed by atoms with Gasteiger partial charge in [-0.1, -0.05) is 25.7 Å². The third kappa shape index (κ3) is 2.46. The summed E-state index contributed by atoms with van der Waals surface area (Å²) in [6, 6.07) is -0.630. The van der Waals surface area contributed by atoms with Gasteiger partial charge in [-0.15, -0.1) is 11.3 Å². The molecule has 21 heavy (non-hydrogen) atoms. The van der Waals surface area contributed by atoms with Gasteiger partial charge in [-0.25, -0.2) is 9.78 Å². The maximum atomic E-state index is 12.8. The smallest absolute Gasteiger partial charge is 0.277 e. The van der Waals surface area contributed by atoms with Crippen LogP contribution >= 0.6 is 11.3 Å². The number of rotatable bonds is 2. The summed E-state index contributed by atoms with van der Waals surface area (Å²) in [7, 11) is 0. The van der Waals surface area contributed by atoms with Crippen LogP contribution in [0.25, 0.3) is 0 Å². The zero-order chi connectivity index (χ0) is 14.9. The van der Waals surface area contributed by atoms with Crippen LogP contribution in [0.3, 0.4) is 0 Å². The molecule has 1 saturated heterocycles. The Labute approximate surface area is 126 Å². The molecule has 1 saturated carbocycles. The molecule has 3 rings (SSSR count). The number of nitrogens with zero attached hydrogens (tertiary/aromatic N) is 2. The summed E-state index contributed by atoms with van der Waals surface area (Å²) in [5.41, 5.74) is -1.05. The monoisotopic (exact) mass is 307 g/mol. The summed E-state index contributed by atoms with van der Waals surface area (Å²) < 4.78 is 0. The van der Waals surface area contributed by atoms with Crippen molar-refractivity contribution in [2.75, 3.05) is 0 Å². The quantitative estimate of drug-likeness (QED) is 0.848. The Morgan fingerprint density at radius 1 is 1.19 bits per heavy atom. The van der Waals surface area contributed by atoms with Gasteiger partial charge in [-0.3, -0.25) is 19.8 Å². The molecule has 112 valence electrons. The number of urea groups is 1. The lowest BCUT2D eigenvalue weighted by molar-refractivity contribution is -0.153. The highest BCUT2D eigenvalue weighted by Gasteiger charge is 2.53. The van der Waals surface area contributed by atoms with Crippen molar-refractivity contribution in [1.29, 1.82) is 0 Å². The van der Waals surface area contributed by atoms with E-state index in [1.54, 1.807) is 11.6 Å². The third-order valence-electron chi connectivity index (χ3n) is 4.29. The van der Waals surface area contributed by atoms with Crippen LogP contribution in [0.2, 0.25) is 0 Å². The predicted octanol–water partition coefficient (Wildman–Crippen LogP) is 2.06. The Morgan fingerprint density at radius 2 is 1.90 bits per heavy atom. The number of nitrogens with one attached hydrogen (secondary N) is 1. The van der Waals surface area contributed by atoms with Gasteiger partial charge < -0.3 is 0 Å². The number of carbonyl (C=O) groups excluding carboxylic acids is 3. The van der Waals surface area contributed by atoms with Gasteiger partial charge in [-0.05, 0) is 12.8 Å². The average Bonchev–Trinajstić information content (AvgIpc) is 2.84. The molecule has 1 spiro atoms. The molecular weight excluding hydrogens is 290 g/mol. The van der Waals surface area contributed by atoms with E-state index >= 15 is 0 Å². The largest absolute Gasteiger partial charge is 0.331 e. The first kappa shape index (κ1) is 14.2. The number of thiazole rings is 1. The van der Waals surface area contributed by atoms with Crippen molar-refractivity contribution < 1.29 is 14.4 Å². The van der Waals surface area contributed by atoms with Crippen molar-refractivity contribution in [1.82, 2.24) is 15.2 Å². The van der Waals surface area contributed by atoms with Gasteiger partial charge in [0, 0.05) is 11.6 Å². The van der Waals surface area contributed by atoms with Crippen LogP contribution in [0, 0.1) is 5.41 Å². The Kier molecular flexibility index (Phi) is 3.75. The summed E-state index contributed by atoms with van der Waals surface area (Å²) in [6.45, 7) is 0.136. The number of amides is 4. The summed E-state index contributed by atoms with van der Waals surface area (Å²) >= 11 is 1.39. The van der Waals surface area contributed by atoms with Crippen molar-refractivity contribution in [2.24, 2.45) is 5.41 Å². The fourth-order valence-electron chi connectivity index (χ4n) is 3.11. The van der Waals surface area contributed by atoms with Crippen LogP contribution in [0.5, 0.6) is 0 Å². The van der Waals surface area contributed by atoms with E-state index in [2.05, 4.69) is 10.3 Å². The lowest BCUT2D eigenvalue weighted by Gasteiger charge is -2.38. The zero-order valence-electron chi connectivity index (χ0n) is 11.6. The highest BCUT2D eigenvalue weighted by molar-refractivity contribution is 7.09. The van der Waals surface area contributed by atoms with Crippen LogP contribution < -0.4 is 5.32 Å². The van der Waals surface area contributed by atoms with Crippen molar-refractivity contribution in [3.8, 4) is 0 Å². The van der Waals surface area contributed by atoms with E-state index in [9.17, 15) is 14.4 Å². The van der Waals surface area contributed by atoms with Crippen molar-refractivity contribution >= 4 is 29.2 Å². The standard InChI is InChI=1S/C14H17N3O3S/c18-11-14(5-3-1-2-4-6-14)12(19)17(13(20)16-11)9-10-15-7-8-21-10/h7-8H,1-6,9H2,(H,16,18,20). The maximum Gasteiger partial charge on any atom is 0.331 e. The fraction of sp³-hybridized carbons (Fsp3) is 0.571. The molecule has 2 aliphatic rings. The van der Waals surface area contributed by atoms with Gasteiger partial charge in [0.05, 0.1) is 6.54 Å². The molecule has 1 aromatic rings. The molecule has 2 fully saturated rings. The van der Waals surface area contributed by atoms with Crippen molar-refractivity contribution in [3.63, 3.8) is 0 Å². The lowest BCUT2D eigenvalue weighted by atomic mass is 9.77. The Morgan fingerprint density at radius 3 is 2.52 bits per heavy atom. The normalized spacial score (nSPS) is 22.3. The molecule has 0 atom stereocenters. The van der Waals surface area contributed by atoms with E-state index in [0.29, 0.717) is 17.8 Å². The second kappa shape index (κ2) is 5.55. The van der Waals surface area contributed by atoms with Crippen LogP contribution in [0.4, 0.5) is 4.79 Å². The first-order valence-corrected chi connectivity index (χ1v) is 8.07. The van der Waals surface area contributed by atoms with E-state index in [4.69, 9.17) is 0 Å². The van der Waals surface area contributed by atoms with Crippen LogP contribution in [0.15, 0.2) is 11.6 Å². The molecule has 0 bridgehead atoms. The highest BCUT2D eigenvalue weighted by atomic mass is 32.1. The van der Waals surface area contributed by atoms with Gasteiger partial charge in [-0.2, -0.15) is 0 Å². The number of aromatic nitrogens is 1. The molecule has 1 aliphatic carbocycles. The fourth-order valence-corrected chi connectivity index (χ4v) is 3.72. The number of carbonyl (C=O) groups is 3. The second-order valence-corrected chi connectivity index (χ2v) is 6.55. The van der Waals surface area contributed by atoms with Crippen LogP contribution in [-0.2, 0) is 16.1 Å². The minimum absolute atomic E-state index is 0.136. The summed E-state index contributed by atoms with van der Waals surface area (Å²) in [4.78, 5) is 42.4. The summed E-state index contributed by atoms with van der Waals surface area (Å²) in [6.07, 6.45) is 6.44. The van der Waals surface area contributed by atoms with Gasteiger partial charge in [0.15, 0.2) is 0 Å². The molecule has 6 nitrogen and oxygen atoms in total. The van der Waals surface area contributed by atoms with E-state index in [1.807, 2.05) is 0 Å². The molecule has 1 N–H and O–H groups in total. The molecule has 0 radical (unpaired) electrons. The molecule has 0 aromatic carbocycles. The van der Waals surface area contributed by atoms with E-state index in [0.717, 1.165) is 30.6 Å². The first-order valence-electron chi connectivity index (χ1n) is 7.19. The Bertz CT molecular complexity index is 562. The topological polar surface area (TPSA) is 79.4 Å². The maximum absolute atomic E-state index is 12.8. The molecule has 1 aromatic heterocycles. The predicted molar refractivity (Wildman–Crippen MR) is 76.3 cm³/mol. The van der Waals surface area contributed by atoms with Gasteiger partial charge >= 0.3 is 6.03 Å². The number of barbiturate groups is 1. The van der Waals surface area contributed by atoms with Crippen molar-refractivity contribution in [3.05, 3.63) is 16.6 Å². The molecular formula is C14H17N3O3S. The van der Waals surface area contributed by atoms with Gasteiger partial charge in [0.25, 0.3) is 0 Å². The number of hydrogen-bond acceptors (Lipinski definition) is 5. The highest BCUT2D eigenvalue weighted by Crippen LogP contribution is 2.39. The Balaban J connectivity index is 1.89. The van der Waals surface area contributed by atoms with Crippen LogP contribution in [0.1, 0.15) is 43.5 Å². The summed E-state index contributed by atoms with van der Waals surface area (Å²) in [5, 5.41) is 4.86. The molecule has 7 heteroatoms. The zero-order valence-corrected chi connectivity index (χ0v) is 12.4. The minimum Gasteiger partial charge on any atom is -0.277 e. The average molecular weight is 307 g/mol. The van der Waals surface area contributed by atoms with E-state index in [-0.39, 0.29) is 12.5 Å². The third-order valence-corrected chi connectivity index (χ3v) is 5.05. The first-order chi connectivity index (χ1) is 10.1. The van der Waals surface area contributed by atoms with Crippen LogP contribution in [-0.4, -0.2) is 27.7 Å². The number of imide groups is 2. The van der Waals surface area contributed by atoms with Gasteiger partial charge in [0.2, 0.25) is 11.8 Å². The lowest BCUT2D eigenvalue weighted by Crippen LogP contribution is -2.63. The molecule has 4 amide bonds. The van der Waals surface area contributed by atoms with E-state index in [1.165, 1.54) is 11.3 Å². The van der Waals surface area contributed by atoms with Gasteiger partial charge in [0.1, 0.15) is 10.4 Å². The molecule has 1 aliphatic heterocycles. The second-order valence-electron chi connectivity index (χ2n) is 5.57. The van der Waals surface area contributed by atoms with Crippen molar-refractivity contribution in [2.45, 2.75) is 45.1 Å². The number of hydrogen-bond donors (Lipinski definition) is 1. The SMILES string of the molecule is O=C1NC(=O)C2(CCCCCC2)C(=O)N1Cc1nccs1. The summed E-state index contributed by atoms with van der Waals surface area (Å²) in [5.74, 6) is -0.775.